The van der Waals surface area contributed by atoms with Gasteiger partial charge in [0, 0.05) is 9.13 Å². The van der Waals surface area contributed by atoms with E-state index in [0.29, 0.717) is 5.82 Å². The third kappa shape index (κ3) is 1.96. The third-order valence-electron chi connectivity index (χ3n) is 1.79. The van der Waals surface area contributed by atoms with E-state index in [2.05, 4.69) is 20.6 Å². The number of H-pyrrole nitrogens is 1. The Balaban J connectivity index is 2.48. The Hall–Kier alpha value is -1.51. The molecule has 0 aliphatic heterocycles. The molecule has 0 radical (unpaired) electrons. The first-order chi connectivity index (χ1) is 7.18. The molecule has 76 valence electrons. The standard InChI is InChI=1S/C8H5IN4O2/c9-6-3-4(8(14)15)1-2-5(6)7-10-12-13-11-7/h1-3H,(H,14,15)(H,10,11,12,13)/p-1. The number of aromatic amines is 1. The van der Waals surface area contributed by atoms with E-state index in [0.717, 1.165) is 9.13 Å². The zero-order valence-corrected chi connectivity index (χ0v) is 9.43. The number of hydrogen-bond acceptors (Lipinski definition) is 5. The Labute approximate surface area is 97.8 Å². The van der Waals surface area contributed by atoms with E-state index in [4.69, 9.17) is 0 Å². The second-order valence-corrected chi connectivity index (χ2v) is 3.88. The van der Waals surface area contributed by atoms with Gasteiger partial charge in [-0.1, -0.05) is 6.07 Å². The molecule has 7 heteroatoms. The molecule has 0 aliphatic carbocycles. The van der Waals surface area contributed by atoms with Crippen molar-refractivity contribution < 1.29 is 9.90 Å². The summed E-state index contributed by atoms with van der Waals surface area (Å²) in [7, 11) is 0. The van der Waals surface area contributed by atoms with Crippen LogP contribution in [0.4, 0.5) is 0 Å². The molecule has 2 rings (SSSR count). The van der Waals surface area contributed by atoms with Crippen LogP contribution in [-0.2, 0) is 0 Å². The molecule has 0 saturated heterocycles. The number of carbonyl (C=O) groups is 1. The molecule has 1 aromatic carbocycles. The van der Waals surface area contributed by atoms with Crippen LogP contribution in [0, 0.1) is 3.57 Å². The Bertz CT molecular complexity index is 497. The molecule has 1 heterocycles. The number of carboxylic acid groups (broad SMARTS) is 1. The predicted molar refractivity (Wildman–Crippen MR) is 56.7 cm³/mol. The summed E-state index contributed by atoms with van der Waals surface area (Å²) in [4.78, 5) is 10.6. The van der Waals surface area contributed by atoms with Crippen molar-refractivity contribution in [2.24, 2.45) is 0 Å². The van der Waals surface area contributed by atoms with Crippen LogP contribution in [0.5, 0.6) is 0 Å². The van der Waals surface area contributed by atoms with Gasteiger partial charge < -0.3 is 9.90 Å². The van der Waals surface area contributed by atoms with Gasteiger partial charge in [0.25, 0.3) is 0 Å². The minimum Gasteiger partial charge on any atom is -0.545 e. The molecule has 15 heavy (non-hydrogen) atoms. The Morgan fingerprint density at radius 3 is 2.80 bits per heavy atom. The van der Waals surface area contributed by atoms with Crippen molar-refractivity contribution >= 4 is 28.6 Å². The van der Waals surface area contributed by atoms with Crippen LogP contribution in [0.25, 0.3) is 11.4 Å². The molecule has 6 nitrogen and oxygen atoms in total. The van der Waals surface area contributed by atoms with Gasteiger partial charge in [0.1, 0.15) is 0 Å². The van der Waals surface area contributed by atoms with Crippen molar-refractivity contribution in [2.75, 3.05) is 0 Å². The Kier molecular flexibility index (Phi) is 2.62. The molecule has 2 aromatic rings. The summed E-state index contributed by atoms with van der Waals surface area (Å²) in [5.74, 6) is -0.767. The molecule has 0 unspecified atom stereocenters. The lowest BCUT2D eigenvalue weighted by Gasteiger charge is -2.04. The largest absolute Gasteiger partial charge is 0.545 e. The first kappa shape index (κ1) is 10.0. The van der Waals surface area contributed by atoms with Crippen LogP contribution < -0.4 is 5.11 Å². The summed E-state index contributed by atoms with van der Waals surface area (Å²) in [5, 5.41) is 24.0. The number of halogens is 1. The highest BCUT2D eigenvalue weighted by Gasteiger charge is 2.08. The molecule has 0 atom stereocenters. The first-order valence-corrected chi connectivity index (χ1v) is 5.01. The minimum absolute atomic E-state index is 0.131. The first-order valence-electron chi connectivity index (χ1n) is 3.93. The van der Waals surface area contributed by atoms with Crippen LogP contribution in [0.2, 0.25) is 0 Å². The molecule has 0 amide bonds. The second kappa shape index (κ2) is 3.93. The van der Waals surface area contributed by atoms with Gasteiger partial charge in [-0.2, -0.15) is 5.21 Å². The highest BCUT2D eigenvalue weighted by Crippen LogP contribution is 2.22. The number of carbonyl (C=O) groups excluding carboxylic acids is 1. The number of tetrazole rings is 1. The van der Waals surface area contributed by atoms with E-state index < -0.39 is 5.97 Å². The minimum atomic E-state index is -1.20. The number of nitrogens with one attached hydrogen (secondary N) is 1. The van der Waals surface area contributed by atoms with Crippen LogP contribution in [-0.4, -0.2) is 26.6 Å². The van der Waals surface area contributed by atoms with E-state index in [1.54, 1.807) is 6.07 Å². The lowest BCUT2D eigenvalue weighted by atomic mass is 10.1. The molecular weight excluding hydrogens is 311 g/mol. The number of rotatable bonds is 2. The number of aromatic carboxylic acids is 1. The van der Waals surface area contributed by atoms with E-state index in [9.17, 15) is 9.90 Å². The lowest BCUT2D eigenvalue weighted by molar-refractivity contribution is -0.255. The van der Waals surface area contributed by atoms with Gasteiger partial charge in [-0.15, -0.1) is 10.2 Å². The number of nitrogens with zero attached hydrogens (tertiary/aromatic N) is 3. The molecule has 0 aliphatic rings. The average Bonchev–Trinajstić information content (AvgIpc) is 2.70. The van der Waals surface area contributed by atoms with Crippen LogP contribution in [0.3, 0.4) is 0 Å². The lowest BCUT2D eigenvalue weighted by Crippen LogP contribution is -2.22. The fraction of sp³-hybridized carbons (Fsp3) is 0. The molecule has 0 bridgehead atoms. The molecule has 0 saturated carbocycles. The molecule has 1 N–H and O–H groups in total. The second-order valence-electron chi connectivity index (χ2n) is 2.72. The molecule has 1 aromatic heterocycles. The van der Waals surface area contributed by atoms with Gasteiger partial charge in [-0.05, 0) is 45.5 Å². The highest BCUT2D eigenvalue weighted by molar-refractivity contribution is 14.1. The zero-order valence-electron chi connectivity index (χ0n) is 7.27. The SMILES string of the molecule is O=C([O-])c1ccc(-c2nn[nH]n2)c(I)c1. The maximum atomic E-state index is 10.6. The normalized spacial score (nSPS) is 10.2. The van der Waals surface area contributed by atoms with Crippen molar-refractivity contribution in [2.45, 2.75) is 0 Å². The quantitative estimate of drug-likeness (QED) is 0.777. The fourth-order valence-corrected chi connectivity index (χ4v) is 1.86. The maximum Gasteiger partial charge on any atom is 0.205 e. The van der Waals surface area contributed by atoms with Gasteiger partial charge in [0.05, 0.1) is 5.97 Å². The van der Waals surface area contributed by atoms with E-state index in [1.165, 1.54) is 12.1 Å². The van der Waals surface area contributed by atoms with Crippen molar-refractivity contribution in [3.63, 3.8) is 0 Å². The fourth-order valence-electron chi connectivity index (χ4n) is 1.10. The highest BCUT2D eigenvalue weighted by atomic mass is 127. The topological polar surface area (TPSA) is 94.6 Å². The summed E-state index contributed by atoms with van der Waals surface area (Å²) in [6.07, 6.45) is 0. The Morgan fingerprint density at radius 1 is 1.47 bits per heavy atom. The van der Waals surface area contributed by atoms with Gasteiger partial charge in [0.15, 0.2) is 0 Å². The summed E-state index contributed by atoms with van der Waals surface area (Å²) in [6, 6.07) is 4.57. The van der Waals surface area contributed by atoms with Gasteiger partial charge >= 0.3 is 0 Å². The molecule has 0 spiro atoms. The number of aromatic nitrogens is 4. The molecular formula is C8H4IN4O2-. The predicted octanol–water partition coefficient (Wildman–Crippen LogP) is -0.165. The summed E-state index contributed by atoms with van der Waals surface area (Å²) in [5.41, 5.74) is 0.862. The van der Waals surface area contributed by atoms with Crippen molar-refractivity contribution in [1.82, 2.24) is 20.6 Å². The van der Waals surface area contributed by atoms with E-state index >= 15 is 0 Å². The van der Waals surface area contributed by atoms with Crippen LogP contribution in [0.15, 0.2) is 18.2 Å². The van der Waals surface area contributed by atoms with Gasteiger partial charge in [-0.3, -0.25) is 0 Å². The average molecular weight is 315 g/mol. The maximum absolute atomic E-state index is 10.6. The smallest absolute Gasteiger partial charge is 0.205 e. The van der Waals surface area contributed by atoms with Crippen molar-refractivity contribution in [3.8, 4) is 11.4 Å². The molecule has 0 fully saturated rings. The third-order valence-corrected chi connectivity index (χ3v) is 2.68. The van der Waals surface area contributed by atoms with Crippen LogP contribution in [0.1, 0.15) is 10.4 Å². The number of carboxylic acids is 1. The van der Waals surface area contributed by atoms with E-state index in [-0.39, 0.29) is 5.56 Å². The van der Waals surface area contributed by atoms with Gasteiger partial charge in [-0.25, -0.2) is 0 Å². The zero-order chi connectivity index (χ0) is 10.8. The van der Waals surface area contributed by atoms with Crippen molar-refractivity contribution in [3.05, 3.63) is 27.3 Å². The van der Waals surface area contributed by atoms with Crippen LogP contribution >= 0.6 is 22.6 Å². The van der Waals surface area contributed by atoms with Gasteiger partial charge in [0.2, 0.25) is 5.82 Å². The Morgan fingerprint density at radius 2 is 2.27 bits per heavy atom. The summed E-state index contributed by atoms with van der Waals surface area (Å²) >= 11 is 2.01. The summed E-state index contributed by atoms with van der Waals surface area (Å²) < 4.78 is 0.732. The number of benzene rings is 1. The number of hydrogen-bond donors (Lipinski definition) is 1. The van der Waals surface area contributed by atoms with E-state index in [1.807, 2.05) is 22.6 Å². The monoisotopic (exact) mass is 315 g/mol. The summed E-state index contributed by atoms with van der Waals surface area (Å²) in [6.45, 7) is 0. The van der Waals surface area contributed by atoms with Crippen molar-refractivity contribution in [1.29, 1.82) is 0 Å².